The van der Waals surface area contributed by atoms with Crippen molar-refractivity contribution >= 4 is 11.7 Å². The summed E-state index contributed by atoms with van der Waals surface area (Å²) >= 11 is 0. The maximum absolute atomic E-state index is 11.3. The van der Waals surface area contributed by atoms with Gasteiger partial charge in [-0.25, -0.2) is 4.98 Å². The molecule has 0 unspecified atom stereocenters. The van der Waals surface area contributed by atoms with Crippen LogP contribution in [0.5, 0.6) is 0 Å². The van der Waals surface area contributed by atoms with Crippen LogP contribution in [-0.2, 0) is 23.2 Å². The monoisotopic (exact) mass is 194 g/mol. The van der Waals surface area contributed by atoms with E-state index in [1.807, 2.05) is 0 Å². The first kappa shape index (κ1) is 8.86. The maximum Gasteiger partial charge on any atom is 0.290 e. The Bertz CT molecular complexity index is 384. The average molecular weight is 194 g/mol. The van der Waals surface area contributed by atoms with Crippen LogP contribution in [0.4, 0.5) is 0 Å². The van der Waals surface area contributed by atoms with Crippen LogP contribution in [0.2, 0.25) is 0 Å². The number of rotatable bonds is 2. The zero-order chi connectivity index (χ0) is 10.1. The highest BCUT2D eigenvalue weighted by molar-refractivity contribution is 6.37. The van der Waals surface area contributed by atoms with Crippen LogP contribution in [0, 0.1) is 0 Å². The van der Waals surface area contributed by atoms with Gasteiger partial charge in [-0.2, -0.15) is 5.10 Å². The van der Waals surface area contributed by atoms with E-state index >= 15 is 0 Å². The minimum Gasteiger partial charge on any atom is -0.328 e. The molecule has 6 nitrogen and oxygen atoms in total. The van der Waals surface area contributed by atoms with E-state index in [0.29, 0.717) is 25.3 Å². The summed E-state index contributed by atoms with van der Waals surface area (Å²) in [6.07, 6.45) is 1.74. The molecule has 0 aliphatic carbocycles. The fourth-order valence-electron chi connectivity index (χ4n) is 1.41. The Hall–Kier alpha value is -1.72. The number of carbonyl (C=O) groups excluding carboxylic acids is 2. The summed E-state index contributed by atoms with van der Waals surface area (Å²) in [6.45, 7) is 0.853. The van der Waals surface area contributed by atoms with Gasteiger partial charge < -0.3 is 4.90 Å². The van der Waals surface area contributed by atoms with Crippen molar-refractivity contribution in [3.8, 4) is 0 Å². The molecule has 2 rings (SSSR count). The van der Waals surface area contributed by atoms with Crippen LogP contribution < -0.4 is 0 Å². The minimum atomic E-state index is -0.409. The zero-order valence-electron chi connectivity index (χ0n) is 7.80. The number of Topliss-reactive ketones (excluding diaryl/α,β-unsaturated/α-hetero) is 1. The van der Waals surface area contributed by atoms with Crippen molar-refractivity contribution in [3.05, 3.63) is 12.2 Å². The summed E-state index contributed by atoms with van der Waals surface area (Å²) in [5.74, 6) is -0.0341. The molecule has 0 bridgehead atoms. The van der Waals surface area contributed by atoms with Crippen LogP contribution in [0.25, 0.3) is 0 Å². The van der Waals surface area contributed by atoms with Crippen molar-refractivity contribution in [1.82, 2.24) is 19.7 Å². The summed E-state index contributed by atoms with van der Waals surface area (Å²) in [5, 5.41) is 3.89. The Morgan fingerprint density at radius 1 is 1.50 bits per heavy atom. The molecule has 0 radical (unpaired) electrons. The largest absolute Gasteiger partial charge is 0.328 e. The molecule has 0 N–H and O–H groups in total. The van der Waals surface area contributed by atoms with Crippen LogP contribution in [-0.4, -0.2) is 37.9 Å². The SMILES string of the molecule is Cn1ncnc1CN1CCC(=O)C1=O. The Kier molecular flexibility index (Phi) is 2.03. The molecule has 0 spiro atoms. The third-order valence-corrected chi connectivity index (χ3v) is 2.27. The van der Waals surface area contributed by atoms with Gasteiger partial charge in [0.2, 0.25) is 5.78 Å². The first-order valence-corrected chi connectivity index (χ1v) is 4.33. The van der Waals surface area contributed by atoms with Crippen molar-refractivity contribution < 1.29 is 9.59 Å². The predicted molar refractivity (Wildman–Crippen MR) is 46.0 cm³/mol. The zero-order valence-corrected chi connectivity index (χ0v) is 7.80. The lowest BCUT2D eigenvalue weighted by Crippen LogP contribution is -2.28. The van der Waals surface area contributed by atoms with Gasteiger partial charge in [-0.1, -0.05) is 0 Å². The fourth-order valence-corrected chi connectivity index (χ4v) is 1.41. The average Bonchev–Trinajstić information content (AvgIpc) is 2.68. The molecule has 1 fully saturated rings. The number of carbonyl (C=O) groups is 2. The quantitative estimate of drug-likeness (QED) is 0.573. The van der Waals surface area contributed by atoms with Gasteiger partial charge in [0.25, 0.3) is 5.91 Å². The topological polar surface area (TPSA) is 68.1 Å². The Morgan fingerprint density at radius 3 is 2.79 bits per heavy atom. The maximum atomic E-state index is 11.3. The lowest BCUT2D eigenvalue weighted by molar-refractivity contribution is -0.140. The van der Waals surface area contributed by atoms with Gasteiger partial charge in [0.15, 0.2) is 0 Å². The van der Waals surface area contributed by atoms with E-state index in [4.69, 9.17) is 0 Å². The van der Waals surface area contributed by atoms with Gasteiger partial charge in [-0.05, 0) is 0 Å². The normalized spacial score (nSPS) is 16.8. The van der Waals surface area contributed by atoms with Crippen molar-refractivity contribution in [2.75, 3.05) is 6.54 Å². The first-order chi connectivity index (χ1) is 6.68. The highest BCUT2D eigenvalue weighted by Gasteiger charge is 2.29. The molecular formula is C8H10N4O2. The first-order valence-electron chi connectivity index (χ1n) is 4.33. The van der Waals surface area contributed by atoms with Gasteiger partial charge in [0.1, 0.15) is 12.2 Å². The van der Waals surface area contributed by atoms with Gasteiger partial charge in [-0.15, -0.1) is 0 Å². The standard InChI is InChI=1S/C8H10N4O2/c1-11-7(9-5-10-11)4-12-3-2-6(13)8(12)14/h5H,2-4H2,1H3. The minimum absolute atomic E-state index is 0.313. The highest BCUT2D eigenvalue weighted by Crippen LogP contribution is 2.09. The van der Waals surface area contributed by atoms with E-state index in [-0.39, 0.29) is 5.78 Å². The number of amides is 1. The predicted octanol–water partition coefficient (Wildman–Crippen LogP) is -0.884. The lowest BCUT2D eigenvalue weighted by Gasteiger charge is -2.12. The summed E-state index contributed by atoms with van der Waals surface area (Å²) in [5.41, 5.74) is 0. The summed E-state index contributed by atoms with van der Waals surface area (Å²) in [4.78, 5) is 27.7. The van der Waals surface area contributed by atoms with Gasteiger partial charge in [0, 0.05) is 20.0 Å². The van der Waals surface area contributed by atoms with Crippen molar-refractivity contribution in [3.63, 3.8) is 0 Å². The molecule has 6 heteroatoms. The molecule has 0 saturated carbocycles. The third-order valence-electron chi connectivity index (χ3n) is 2.27. The molecule has 1 aromatic rings. The molecule has 74 valence electrons. The number of hydrogen-bond acceptors (Lipinski definition) is 4. The Labute approximate surface area is 80.5 Å². The number of hydrogen-bond donors (Lipinski definition) is 0. The third kappa shape index (κ3) is 1.39. The van der Waals surface area contributed by atoms with Crippen LogP contribution in [0.1, 0.15) is 12.2 Å². The molecule has 1 saturated heterocycles. The van der Waals surface area contributed by atoms with E-state index in [1.54, 1.807) is 11.7 Å². The summed E-state index contributed by atoms with van der Waals surface area (Å²) < 4.78 is 1.59. The second-order valence-electron chi connectivity index (χ2n) is 3.20. The molecule has 0 aromatic carbocycles. The molecule has 2 heterocycles. The number of likely N-dealkylation sites (tertiary alicyclic amines) is 1. The van der Waals surface area contributed by atoms with Crippen LogP contribution >= 0.6 is 0 Å². The van der Waals surface area contributed by atoms with Crippen molar-refractivity contribution in [2.24, 2.45) is 7.05 Å². The molecule has 1 aromatic heterocycles. The molecule has 1 amide bonds. The van der Waals surface area contributed by atoms with E-state index in [1.165, 1.54) is 11.2 Å². The van der Waals surface area contributed by atoms with Gasteiger partial charge in [-0.3, -0.25) is 14.3 Å². The van der Waals surface area contributed by atoms with Crippen molar-refractivity contribution in [2.45, 2.75) is 13.0 Å². The highest BCUT2D eigenvalue weighted by atomic mass is 16.2. The van der Waals surface area contributed by atoms with E-state index in [9.17, 15) is 9.59 Å². The molecule has 1 aliphatic rings. The number of nitrogens with zero attached hydrogens (tertiary/aromatic N) is 4. The van der Waals surface area contributed by atoms with Gasteiger partial charge >= 0.3 is 0 Å². The Morgan fingerprint density at radius 2 is 2.29 bits per heavy atom. The fraction of sp³-hybridized carbons (Fsp3) is 0.500. The van der Waals surface area contributed by atoms with Crippen LogP contribution in [0.3, 0.4) is 0 Å². The molecular weight excluding hydrogens is 184 g/mol. The molecule has 0 atom stereocenters. The smallest absolute Gasteiger partial charge is 0.290 e. The lowest BCUT2D eigenvalue weighted by atomic mass is 10.3. The van der Waals surface area contributed by atoms with Gasteiger partial charge in [0.05, 0.1) is 6.54 Å². The molecule has 14 heavy (non-hydrogen) atoms. The number of ketones is 1. The Balaban J connectivity index is 2.09. The second-order valence-corrected chi connectivity index (χ2v) is 3.20. The second kappa shape index (κ2) is 3.21. The van der Waals surface area contributed by atoms with Crippen LogP contribution in [0.15, 0.2) is 6.33 Å². The molecule has 1 aliphatic heterocycles. The van der Waals surface area contributed by atoms with E-state index < -0.39 is 5.91 Å². The summed E-state index contributed by atoms with van der Waals surface area (Å²) in [6, 6.07) is 0. The van der Waals surface area contributed by atoms with Crippen molar-refractivity contribution in [1.29, 1.82) is 0 Å². The number of aromatic nitrogens is 3. The number of aryl methyl sites for hydroxylation is 1. The van der Waals surface area contributed by atoms with E-state index in [2.05, 4.69) is 10.1 Å². The summed E-state index contributed by atoms with van der Waals surface area (Å²) in [7, 11) is 1.75. The van der Waals surface area contributed by atoms with E-state index in [0.717, 1.165) is 0 Å².